The number of para-hydroxylation sites is 2. The molecule has 0 amide bonds. The number of hydrogen-bond acceptors (Lipinski definition) is 3. The van der Waals surface area contributed by atoms with E-state index in [1.54, 1.807) is 0 Å². The first kappa shape index (κ1) is 10.5. The quantitative estimate of drug-likeness (QED) is 0.734. The van der Waals surface area contributed by atoms with Crippen molar-refractivity contribution < 1.29 is 0 Å². The van der Waals surface area contributed by atoms with Gasteiger partial charge in [-0.2, -0.15) is 5.10 Å². The fourth-order valence-corrected chi connectivity index (χ4v) is 2.27. The fourth-order valence-electron chi connectivity index (χ4n) is 2.27. The first-order chi connectivity index (χ1) is 9.31. The third kappa shape index (κ3) is 1.74. The van der Waals surface area contributed by atoms with Crippen LogP contribution in [0, 0.1) is 0 Å². The zero-order valence-electron chi connectivity index (χ0n) is 10.2. The van der Waals surface area contributed by atoms with Gasteiger partial charge in [0, 0.05) is 5.92 Å². The monoisotopic (exact) mass is 252 g/mol. The molecule has 2 heterocycles. The lowest BCUT2D eigenvalue weighted by atomic mass is 10.2. The SMILES string of the molecule is O=c1[nH]nc(C2CC2)cc1-c1nc2ccccc2[nH]1. The Balaban J connectivity index is 1.90. The number of fused-ring (bicyclic) bond motifs is 1. The Labute approximate surface area is 108 Å². The zero-order valence-corrected chi connectivity index (χ0v) is 10.2. The summed E-state index contributed by atoms with van der Waals surface area (Å²) < 4.78 is 0. The standard InChI is InChI=1S/C14H12N4O/c19-14-9(7-12(17-18-14)8-5-6-8)13-15-10-3-1-2-4-11(10)16-13/h1-4,7-8H,5-6H2,(H,15,16)(H,18,19). The highest BCUT2D eigenvalue weighted by molar-refractivity contribution is 5.79. The molecule has 1 aliphatic rings. The van der Waals surface area contributed by atoms with Crippen LogP contribution in [-0.2, 0) is 0 Å². The van der Waals surface area contributed by atoms with Gasteiger partial charge in [0.05, 0.1) is 22.3 Å². The van der Waals surface area contributed by atoms with Crippen LogP contribution < -0.4 is 5.56 Å². The molecule has 19 heavy (non-hydrogen) atoms. The number of hydrogen-bond donors (Lipinski definition) is 2. The molecule has 0 atom stereocenters. The molecule has 1 aromatic carbocycles. The molecule has 1 aliphatic carbocycles. The van der Waals surface area contributed by atoms with Crippen molar-refractivity contribution in [3.8, 4) is 11.4 Å². The molecule has 1 fully saturated rings. The molecule has 0 bridgehead atoms. The molecule has 5 heteroatoms. The highest BCUT2D eigenvalue weighted by atomic mass is 16.1. The van der Waals surface area contributed by atoms with Crippen molar-refractivity contribution in [2.75, 3.05) is 0 Å². The molecule has 0 spiro atoms. The molecule has 1 saturated carbocycles. The Kier molecular flexibility index (Phi) is 2.09. The van der Waals surface area contributed by atoms with E-state index in [1.807, 2.05) is 30.3 Å². The molecule has 3 aromatic rings. The number of aromatic nitrogens is 4. The smallest absolute Gasteiger partial charge is 0.275 e. The number of rotatable bonds is 2. The van der Waals surface area contributed by atoms with Crippen LogP contribution in [0.15, 0.2) is 35.1 Å². The maximum absolute atomic E-state index is 11.9. The number of nitrogens with zero attached hydrogens (tertiary/aromatic N) is 2. The first-order valence-corrected chi connectivity index (χ1v) is 6.36. The van der Waals surface area contributed by atoms with Crippen molar-refractivity contribution in [1.82, 2.24) is 20.2 Å². The maximum Gasteiger partial charge on any atom is 0.275 e. The van der Waals surface area contributed by atoms with Gasteiger partial charge >= 0.3 is 0 Å². The summed E-state index contributed by atoms with van der Waals surface area (Å²) in [5.74, 6) is 1.10. The number of H-pyrrole nitrogens is 2. The Morgan fingerprint density at radius 2 is 2.05 bits per heavy atom. The van der Waals surface area contributed by atoms with Gasteiger partial charge in [-0.3, -0.25) is 4.79 Å². The highest BCUT2D eigenvalue weighted by Gasteiger charge is 2.26. The van der Waals surface area contributed by atoms with Crippen molar-refractivity contribution in [3.05, 3.63) is 46.4 Å². The summed E-state index contributed by atoms with van der Waals surface area (Å²) in [4.78, 5) is 19.6. The molecule has 0 radical (unpaired) electrons. The lowest BCUT2D eigenvalue weighted by molar-refractivity contribution is 0.888. The number of benzene rings is 1. The van der Waals surface area contributed by atoms with E-state index in [-0.39, 0.29) is 5.56 Å². The lowest BCUT2D eigenvalue weighted by Crippen LogP contribution is -2.12. The highest BCUT2D eigenvalue weighted by Crippen LogP contribution is 2.39. The van der Waals surface area contributed by atoms with Crippen LogP contribution in [-0.4, -0.2) is 20.2 Å². The molecule has 0 unspecified atom stereocenters. The average Bonchev–Trinajstić information content (AvgIpc) is 3.18. The predicted molar refractivity (Wildman–Crippen MR) is 71.9 cm³/mol. The van der Waals surface area contributed by atoms with E-state index in [4.69, 9.17) is 0 Å². The number of aromatic amines is 2. The summed E-state index contributed by atoms with van der Waals surface area (Å²) in [5.41, 5.74) is 3.11. The predicted octanol–water partition coefficient (Wildman–Crippen LogP) is 2.19. The van der Waals surface area contributed by atoms with E-state index < -0.39 is 0 Å². The van der Waals surface area contributed by atoms with Gasteiger partial charge in [-0.15, -0.1) is 0 Å². The minimum Gasteiger partial charge on any atom is -0.338 e. The van der Waals surface area contributed by atoms with Gasteiger partial charge in [0.15, 0.2) is 0 Å². The van der Waals surface area contributed by atoms with Crippen molar-refractivity contribution in [2.24, 2.45) is 0 Å². The van der Waals surface area contributed by atoms with E-state index in [9.17, 15) is 4.79 Å². The van der Waals surface area contributed by atoms with Crippen LogP contribution in [0.25, 0.3) is 22.4 Å². The van der Waals surface area contributed by atoms with E-state index in [0.717, 1.165) is 29.6 Å². The summed E-state index contributed by atoms with van der Waals surface area (Å²) in [5, 5.41) is 6.67. The van der Waals surface area contributed by atoms with Gasteiger partial charge in [-0.1, -0.05) is 12.1 Å². The van der Waals surface area contributed by atoms with Gasteiger partial charge in [-0.25, -0.2) is 10.1 Å². The van der Waals surface area contributed by atoms with Crippen LogP contribution in [0.4, 0.5) is 0 Å². The van der Waals surface area contributed by atoms with Crippen molar-refractivity contribution in [1.29, 1.82) is 0 Å². The minimum atomic E-state index is -0.205. The van der Waals surface area contributed by atoms with E-state index in [0.29, 0.717) is 17.3 Å². The molecule has 2 aromatic heterocycles. The third-order valence-electron chi connectivity index (χ3n) is 3.46. The van der Waals surface area contributed by atoms with Gasteiger partial charge in [0.1, 0.15) is 5.82 Å². The van der Waals surface area contributed by atoms with Crippen LogP contribution in [0.3, 0.4) is 0 Å². The fraction of sp³-hybridized carbons (Fsp3) is 0.214. The summed E-state index contributed by atoms with van der Waals surface area (Å²) in [6.07, 6.45) is 2.30. The molecule has 94 valence electrons. The second kappa shape index (κ2) is 3.78. The molecule has 0 aliphatic heterocycles. The molecule has 5 nitrogen and oxygen atoms in total. The average molecular weight is 252 g/mol. The Hall–Kier alpha value is -2.43. The maximum atomic E-state index is 11.9. The summed E-state index contributed by atoms with van der Waals surface area (Å²) in [7, 11) is 0. The van der Waals surface area contributed by atoms with Crippen LogP contribution >= 0.6 is 0 Å². The summed E-state index contributed by atoms with van der Waals surface area (Å²) >= 11 is 0. The Morgan fingerprint density at radius 3 is 2.84 bits per heavy atom. The first-order valence-electron chi connectivity index (χ1n) is 6.36. The number of nitrogens with one attached hydrogen (secondary N) is 2. The zero-order chi connectivity index (χ0) is 12.8. The second-order valence-electron chi connectivity index (χ2n) is 4.91. The van der Waals surface area contributed by atoms with Crippen molar-refractivity contribution in [3.63, 3.8) is 0 Å². The molecule has 4 rings (SSSR count). The van der Waals surface area contributed by atoms with Crippen LogP contribution in [0.2, 0.25) is 0 Å². The second-order valence-corrected chi connectivity index (χ2v) is 4.91. The van der Waals surface area contributed by atoms with E-state index in [2.05, 4.69) is 20.2 Å². The Morgan fingerprint density at radius 1 is 1.21 bits per heavy atom. The largest absolute Gasteiger partial charge is 0.338 e. The molecule has 2 N–H and O–H groups in total. The van der Waals surface area contributed by atoms with Crippen LogP contribution in [0.5, 0.6) is 0 Å². The van der Waals surface area contributed by atoms with Gasteiger partial charge < -0.3 is 4.98 Å². The van der Waals surface area contributed by atoms with Crippen molar-refractivity contribution in [2.45, 2.75) is 18.8 Å². The summed E-state index contributed by atoms with van der Waals surface area (Å²) in [6, 6.07) is 9.60. The lowest BCUT2D eigenvalue weighted by Gasteiger charge is -1.99. The van der Waals surface area contributed by atoms with E-state index >= 15 is 0 Å². The topological polar surface area (TPSA) is 74.4 Å². The third-order valence-corrected chi connectivity index (χ3v) is 3.46. The van der Waals surface area contributed by atoms with Crippen LogP contribution in [0.1, 0.15) is 24.5 Å². The van der Waals surface area contributed by atoms with Crippen molar-refractivity contribution >= 4 is 11.0 Å². The van der Waals surface area contributed by atoms with E-state index in [1.165, 1.54) is 0 Å². The molecular formula is C14H12N4O. The minimum absolute atomic E-state index is 0.205. The van der Waals surface area contributed by atoms with Gasteiger partial charge in [0.25, 0.3) is 5.56 Å². The number of imidazole rings is 1. The summed E-state index contributed by atoms with van der Waals surface area (Å²) in [6.45, 7) is 0. The molecular weight excluding hydrogens is 240 g/mol. The normalized spacial score (nSPS) is 14.9. The Bertz CT molecular complexity index is 780. The van der Waals surface area contributed by atoms with Gasteiger partial charge in [-0.05, 0) is 31.0 Å². The van der Waals surface area contributed by atoms with Gasteiger partial charge in [0.2, 0.25) is 0 Å². The molecule has 0 saturated heterocycles.